The molecule has 0 bridgehead atoms. The molecular weight excluding hydrogens is 363 g/mol. The molecule has 2 aromatic rings. The van der Waals surface area contributed by atoms with Crippen LogP contribution in [0.1, 0.15) is 12.5 Å². The summed E-state index contributed by atoms with van der Waals surface area (Å²) in [6.07, 6.45) is 1.97. The van der Waals surface area contributed by atoms with E-state index in [0.29, 0.717) is 25.4 Å². The molecule has 1 unspecified atom stereocenters. The second kappa shape index (κ2) is 9.89. The van der Waals surface area contributed by atoms with E-state index < -0.39 is 0 Å². The first kappa shape index (κ1) is 19.9. The number of pyridine rings is 1. The van der Waals surface area contributed by atoms with Gasteiger partial charge in [0, 0.05) is 31.9 Å². The number of nitrogens with zero attached hydrogens (tertiary/aromatic N) is 2. The summed E-state index contributed by atoms with van der Waals surface area (Å²) in [7, 11) is 0. The monoisotopic (exact) mass is 388 g/mol. The Morgan fingerprint density at radius 2 is 2.25 bits per heavy atom. The fourth-order valence-electron chi connectivity index (χ4n) is 2.87. The van der Waals surface area contributed by atoms with Crippen LogP contribution in [-0.2, 0) is 11.3 Å². The number of anilines is 1. The molecule has 2 heterocycles. The maximum atomic E-state index is 13.0. The van der Waals surface area contributed by atoms with Crippen molar-refractivity contribution in [2.45, 2.75) is 19.6 Å². The molecule has 150 valence electrons. The van der Waals surface area contributed by atoms with Gasteiger partial charge < -0.3 is 25.0 Å². The van der Waals surface area contributed by atoms with Crippen molar-refractivity contribution >= 4 is 11.8 Å². The normalized spacial score (nSPS) is 16.5. The number of carbonyl (C=O) groups excluding carboxylic acids is 1. The minimum atomic E-state index is -0.356. The van der Waals surface area contributed by atoms with E-state index in [4.69, 9.17) is 9.47 Å². The van der Waals surface area contributed by atoms with Crippen LogP contribution in [0.25, 0.3) is 0 Å². The average molecular weight is 388 g/mol. The highest BCUT2D eigenvalue weighted by atomic mass is 19.1. The van der Waals surface area contributed by atoms with Gasteiger partial charge in [0.25, 0.3) is 0 Å². The highest BCUT2D eigenvalue weighted by Gasteiger charge is 2.17. The molecule has 0 radical (unpaired) electrons. The van der Waals surface area contributed by atoms with Crippen molar-refractivity contribution in [2.75, 3.05) is 37.7 Å². The van der Waals surface area contributed by atoms with Gasteiger partial charge in [-0.05, 0) is 30.7 Å². The number of carbonyl (C=O) groups is 1. The number of hydrogen-bond acceptors (Lipinski definition) is 5. The number of urea groups is 1. The van der Waals surface area contributed by atoms with E-state index in [9.17, 15) is 9.18 Å². The van der Waals surface area contributed by atoms with Crippen molar-refractivity contribution in [3.8, 4) is 5.75 Å². The van der Waals surface area contributed by atoms with Crippen LogP contribution in [-0.4, -0.2) is 50.0 Å². The Balaban J connectivity index is 1.35. The lowest BCUT2D eigenvalue weighted by Gasteiger charge is -2.32. The topological polar surface area (TPSA) is 75.7 Å². The summed E-state index contributed by atoms with van der Waals surface area (Å²) in [6, 6.07) is 9.50. The lowest BCUT2D eigenvalue weighted by atomic mass is 10.2. The third kappa shape index (κ3) is 6.09. The third-order valence-electron chi connectivity index (χ3n) is 4.28. The smallest absolute Gasteiger partial charge is 0.315 e. The van der Waals surface area contributed by atoms with Crippen molar-refractivity contribution in [2.24, 2.45) is 0 Å². The molecule has 3 rings (SSSR count). The minimum Gasteiger partial charge on any atom is -0.492 e. The lowest BCUT2D eigenvalue weighted by molar-refractivity contribution is 0.0529. The summed E-state index contributed by atoms with van der Waals surface area (Å²) < 4.78 is 24.0. The molecule has 1 atom stereocenters. The number of aromatic nitrogens is 1. The van der Waals surface area contributed by atoms with Gasteiger partial charge in [-0.1, -0.05) is 12.1 Å². The molecule has 0 aliphatic carbocycles. The van der Waals surface area contributed by atoms with Crippen molar-refractivity contribution in [1.29, 1.82) is 0 Å². The first-order valence-electron chi connectivity index (χ1n) is 9.32. The lowest BCUT2D eigenvalue weighted by Crippen LogP contribution is -2.41. The van der Waals surface area contributed by atoms with Crippen LogP contribution < -0.4 is 20.3 Å². The van der Waals surface area contributed by atoms with Gasteiger partial charge in [0.05, 0.1) is 19.3 Å². The van der Waals surface area contributed by atoms with Crippen molar-refractivity contribution in [3.63, 3.8) is 0 Å². The van der Waals surface area contributed by atoms with Gasteiger partial charge in [-0.3, -0.25) is 0 Å². The van der Waals surface area contributed by atoms with E-state index in [-0.39, 0.29) is 24.6 Å². The molecule has 1 fully saturated rings. The van der Waals surface area contributed by atoms with Crippen LogP contribution in [0, 0.1) is 5.82 Å². The summed E-state index contributed by atoms with van der Waals surface area (Å²) in [5.41, 5.74) is 0.913. The number of amides is 2. The number of rotatable bonds is 7. The number of nitrogens with one attached hydrogen (secondary N) is 2. The van der Waals surface area contributed by atoms with E-state index in [0.717, 1.165) is 24.5 Å². The fraction of sp³-hybridized carbons (Fsp3) is 0.400. The molecule has 1 aliphatic heterocycles. The quantitative estimate of drug-likeness (QED) is 0.712. The van der Waals surface area contributed by atoms with Gasteiger partial charge >= 0.3 is 6.03 Å². The summed E-state index contributed by atoms with van der Waals surface area (Å²) in [5, 5.41) is 5.47. The maximum absolute atomic E-state index is 13.0. The minimum absolute atomic E-state index is 0.200. The molecule has 0 saturated carbocycles. The molecule has 2 N–H and O–H groups in total. The number of hydrogen-bond donors (Lipinski definition) is 2. The molecule has 28 heavy (non-hydrogen) atoms. The molecule has 1 aromatic carbocycles. The second-order valence-corrected chi connectivity index (χ2v) is 6.57. The van der Waals surface area contributed by atoms with Gasteiger partial charge in [0.1, 0.15) is 24.0 Å². The molecule has 7 nitrogen and oxygen atoms in total. The molecule has 2 amide bonds. The third-order valence-corrected chi connectivity index (χ3v) is 4.28. The summed E-state index contributed by atoms with van der Waals surface area (Å²) in [5.74, 6) is 0.992. The van der Waals surface area contributed by atoms with E-state index in [2.05, 4.69) is 20.5 Å². The fourth-order valence-corrected chi connectivity index (χ4v) is 2.87. The average Bonchev–Trinajstić information content (AvgIpc) is 2.70. The zero-order valence-electron chi connectivity index (χ0n) is 15.9. The van der Waals surface area contributed by atoms with Gasteiger partial charge in [0.15, 0.2) is 0 Å². The number of ether oxygens (including phenoxy) is 2. The Morgan fingerprint density at radius 3 is 3.00 bits per heavy atom. The Morgan fingerprint density at radius 1 is 1.36 bits per heavy atom. The van der Waals surface area contributed by atoms with Crippen molar-refractivity contribution in [1.82, 2.24) is 15.6 Å². The van der Waals surface area contributed by atoms with Gasteiger partial charge in [-0.25, -0.2) is 14.2 Å². The first-order valence-corrected chi connectivity index (χ1v) is 9.32. The molecule has 1 saturated heterocycles. The molecule has 0 spiro atoms. The van der Waals surface area contributed by atoms with Crippen molar-refractivity contribution in [3.05, 3.63) is 54.0 Å². The molecule has 1 aliphatic rings. The van der Waals surface area contributed by atoms with E-state index in [1.54, 1.807) is 18.3 Å². The Kier molecular flexibility index (Phi) is 7.02. The van der Waals surface area contributed by atoms with Crippen LogP contribution in [0.3, 0.4) is 0 Å². The summed E-state index contributed by atoms with van der Waals surface area (Å²) in [6.45, 7) is 5.35. The zero-order chi connectivity index (χ0) is 19.8. The van der Waals surface area contributed by atoms with Gasteiger partial charge in [-0.15, -0.1) is 0 Å². The number of halogens is 1. The SMILES string of the molecule is CC1CN(c2ccc(CNC(=O)NCCOc3cccc(F)c3)cn2)CCO1. The van der Waals surface area contributed by atoms with Crippen LogP contribution in [0.5, 0.6) is 5.75 Å². The molecule has 1 aromatic heterocycles. The first-order chi connectivity index (χ1) is 13.6. The van der Waals surface area contributed by atoms with E-state index >= 15 is 0 Å². The highest BCUT2D eigenvalue weighted by Crippen LogP contribution is 2.15. The van der Waals surface area contributed by atoms with Crippen LogP contribution >= 0.6 is 0 Å². The molecular formula is C20H25FN4O3. The Labute approximate surface area is 163 Å². The molecule has 8 heteroatoms. The summed E-state index contributed by atoms with van der Waals surface area (Å²) >= 11 is 0. The van der Waals surface area contributed by atoms with Crippen molar-refractivity contribution < 1.29 is 18.7 Å². The summed E-state index contributed by atoms with van der Waals surface area (Å²) in [4.78, 5) is 18.5. The Bertz CT molecular complexity index is 772. The number of morpholine rings is 1. The number of benzene rings is 1. The van der Waals surface area contributed by atoms with E-state index in [1.807, 2.05) is 19.1 Å². The van der Waals surface area contributed by atoms with Crippen LogP contribution in [0.15, 0.2) is 42.6 Å². The Hall–Kier alpha value is -2.87. The zero-order valence-corrected chi connectivity index (χ0v) is 15.9. The predicted molar refractivity (Wildman–Crippen MR) is 104 cm³/mol. The van der Waals surface area contributed by atoms with Crippen LogP contribution in [0.4, 0.5) is 15.0 Å². The standard InChI is InChI=1S/C20H25FN4O3/c1-15-14-25(8-10-27-15)19-6-5-16(12-23-19)13-24-20(26)22-7-9-28-18-4-2-3-17(21)11-18/h2-6,11-12,15H,7-10,13-14H2,1H3,(H2,22,24,26). The highest BCUT2D eigenvalue weighted by molar-refractivity contribution is 5.73. The van der Waals surface area contributed by atoms with Gasteiger partial charge in [0.2, 0.25) is 0 Å². The van der Waals surface area contributed by atoms with Gasteiger partial charge in [-0.2, -0.15) is 0 Å². The second-order valence-electron chi connectivity index (χ2n) is 6.57. The largest absolute Gasteiger partial charge is 0.492 e. The van der Waals surface area contributed by atoms with E-state index in [1.165, 1.54) is 12.1 Å². The predicted octanol–water partition coefficient (Wildman–Crippen LogP) is 2.32. The maximum Gasteiger partial charge on any atom is 0.315 e. The van der Waals surface area contributed by atoms with Crippen LogP contribution in [0.2, 0.25) is 0 Å².